The van der Waals surface area contributed by atoms with E-state index in [0.29, 0.717) is 17.9 Å². The Hall–Kier alpha value is -0.570. The second-order valence-corrected chi connectivity index (χ2v) is 5.96. The van der Waals surface area contributed by atoms with Crippen molar-refractivity contribution in [2.24, 2.45) is 17.6 Å². The van der Waals surface area contributed by atoms with E-state index in [0.717, 1.165) is 25.8 Å². The Morgan fingerprint density at radius 1 is 1.06 bits per heavy atom. The predicted molar refractivity (Wildman–Crippen MR) is 69.5 cm³/mol. The molecule has 0 aliphatic heterocycles. The Morgan fingerprint density at radius 3 is 2.29 bits per heavy atom. The van der Waals surface area contributed by atoms with E-state index in [2.05, 4.69) is 5.32 Å². The maximum Gasteiger partial charge on any atom is 0.220 e. The van der Waals surface area contributed by atoms with Crippen molar-refractivity contribution in [3.8, 4) is 0 Å². The number of carbonyl (C=O) groups excluding carboxylic acids is 1. The lowest BCUT2D eigenvalue weighted by atomic mass is 9.81. The molecule has 98 valence electrons. The quantitative estimate of drug-likeness (QED) is 0.738. The maximum absolute atomic E-state index is 11.8. The van der Waals surface area contributed by atoms with E-state index in [9.17, 15) is 4.79 Å². The van der Waals surface area contributed by atoms with E-state index in [1.807, 2.05) is 0 Å². The summed E-state index contributed by atoms with van der Waals surface area (Å²) in [5.41, 5.74) is 5.73. The molecule has 0 radical (unpaired) electrons. The van der Waals surface area contributed by atoms with Gasteiger partial charge in [-0.25, -0.2) is 0 Å². The van der Waals surface area contributed by atoms with Gasteiger partial charge in [-0.2, -0.15) is 0 Å². The molecule has 0 saturated heterocycles. The number of hydrogen-bond donors (Lipinski definition) is 2. The van der Waals surface area contributed by atoms with Crippen LogP contribution in [0.4, 0.5) is 0 Å². The van der Waals surface area contributed by atoms with Gasteiger partial charge in [-0.05, 0) is 37.5 Å². The van der Waals surface area contributed by atoms with Crippen LogP contribution in [0.1, 0.15) is 57.8 Å². The van der Waals surface area contributed by atoms with Crippen LogP contribution in [0.3, 0.4) is 0 Å². The first-order valence-corrected chi connectivity index (χ1v) is 7.26. The van der Waals surface area contributed by atoms with E-state index < -0.39 is 0 Å². The molecule has 0 spiro atoms. The summed E-state index contributed by atoms with van der Waals surface area (Å²) in [4.78, 5) is 11.8. The van der Waals surface area contributed by atoms with Gasteiger partial charge in [0.1, 0.15) is 0 Å². The van der Waals surface area contributed by atoms with Crippen molar-refractivity contribution in [1.82, 2.24) is 5.32 Å². The average molecular weight is 238 g/mol. The fourth-order valence-electron chi connectivity index (χ4n) is 3.11. The Labute approximate surface area is 105 Å². The fraction of sp³-hybridized carbons (Fsp3) is 0.929. The van der Waals surface area contributed by atoms with Crippen LogP contribution in [0.2, 0.25) is 0 Å². The number of carbonyl (C=O) groups is 1. The molecule has 3 nitrogen and oxygen atoms in total. The van der Waals surface area contributed by atoms with Crippen LogP contribution in [0.15, 0.2) is 0 Å². The lowest BCUT2D eigenvalue weighted by Gasteiger charge is -2.32. The van der Waals surface area contributed by atoms with Crippen molar-refractivity contribution >= 4 is 5.91 Å². The van der Waals surface area contributed by atoms with Crippen LogP contribution in [-0.4, -0.2) is 18.5 Å². The zero-order chi connectivity index (χ0) is 12.1. The summed E-state index contributed by atoms with van der Waals surface area (Å²) in [6.07, 6.45) is 10.8. The minimum absolute atomic E-state index is 0.261. The topological polar surface area (TPSA) is 55.1 Å². The van der Waals surface area contributed by atoms with Crippen LogP contribution >= 0.6 is 0 Å². The van der Waals surface area contributed by atoms with Gasteiger partial charge in [-0.1, -0.05) is 25.7 Å². The van der Waals surface area contributed by atoms with Crippen molar-refractivity contribution in [1.29, 1.82) is 0 Å². The van der Waals surface area contributed by atoms with Crippen molar-refractivity contribution < 1.29 is 4.79 Å². The van der Waals surface area contributed by atoms with Crippen molar-refractivity contribution in [3.63, 3.8) is 0 Å². The van der Waals surface area contributed by atoms with E-state index in [-0.39, 0.29) is 5.91 Å². The maximum atomic E-state index is 11.8. The summed E-state index contributed by atoms with van der Waals surface area (Å²) < 4.78 is 0. The zero-order valence-corrected chi connectivity index (χ0v) is 10.8. The average Bonchev–Trinajstić information content (AvgIpc) is 2.51. The third-order valence-corrected chi connectivity index (χ3v) is 4.31. The molecule has 2 fully saturated rings. The minimum Gasteiger partial charge on any atom is -0.356 e. The SMILES string of the molecule is NC1CC(CNC(=O)CC2CCCCCC2)C1. The van der Waals surface area contributed by atoms with Gasteiger partial charge in [0.25, 0.3) is 0 Å². The number of rotatable bonds is 4. The smallest absolute Gasteiger partial charge is 0.220 e. The molecule has 0 atom stereocenters. The Morgan fingerprint density at radius 2 is 1.71 bits per heavy atom. The molecule has 3 N–H and O–H groups in total. The van der Waals surface area contributed by atoms with Crippen LogP contribution in [0, 0.1) is 11.8 Å². The van der Waals surface area contributed by atoms with Crippen molar-refractivity contribution in [3.05, 3.63) is 0 Å². The van der Waals surface area contributed by atoms with Crippen LogP contribution < -0.4 is 11.1 Å². The van der Waals surface area contributed by atoms with Gasteiger partial charge < -0.3 is 11.1 Å². The second kappa shape index (κ2) is 6.39. The molecule has 0 aromatic heterocycles. The van der Waals surface area contributed by atoms with Gasteiger partial charge in [0.05, 0.1) is 0 Å². The number of nitrogens with one attached hydrogen (secondary N) is 1. The largest absolute Gasteiger partial charge is 0.356 e. The Balaban J connectivity index is 1.59. The summed E-state index contributed by atoms with van der Waals surface area (Å²) >= 11 is 0. The first-order chi connectivity index (χ1) is 8.24. The molecule has 2 aliphatic rings. The molecule has 2 saturated carbocycles. The molecule has 3 heteroatoms. The summed E-state index contributed by atoms with van der Waals surface area (Å²) in [6, 6.07) is 0.388. The first kappa shape index (κ1) is 12.9. The monoisotopic (exact) mass is 238 g/mol. The third kappa shape index (κ3) is 4.30. The van der Waals surface area contributed by atoms with Gasteiger partial charge in [0, 0.05) is 19.0 Å². The van der Waals surface area contributed by atoms with E-state index >= 15 is 0 Å². The predicted octanol–water partition coefficient (Wildman–Crippen LogP) is 2.20. The molecule has 0 aromatic rings. The second-order valence-electron chi connectivity index (χ2n) is 5.96. The van der Waals surface area contributed by atoms with Crippen molar-refractivity contribution in [2.45, 2.75) is 63.8 Å². The van der Waals surface area contributed by atoms with Gasteiger partial charge in [-0.15, -0.1) is 0 Å². The number of nitrogens with two attached hydrogens (primary N) is 1. The third-order valence-electron chi connectivity index (χ3n) is 4.31. The summed E-state index contributed by atoms with van der Waals surface area (Å²) in [5, 5.41) is 3.08. The molecule has 0 heterocycles. The standard InChI is InChI=1S/C14H26N2O/c15-13-7-12(8-13)10-16-14(17)9-11-5-3-1-2-4-6-11/h11-13H,1-10,15H2,(H,16,17). The normalized spacial score (nSPS) is 30.4. The Kier molecular flexibility index (Phi) is 4.84. The van der Waals surface area contributed by atoms with Gasteiger partial charge in [0.2, 0.25) is 5.91 Å². The molecule has 17 heavy (non-hydrogen) atoms. The van der Waals surface area contributed by atoms with Crippen molar-refractivity contribution in [2.75, 3.05) is 6.54 Å². The highest BCUT2D eigenvalue weighted by Gasteiger charge is 2.26. The zero-order valence-electron chi connectivity index (χ0n) is 10.8. The van der Waals surface area contributed by atoms with E-state index in [1.165, 1.54) is 38.5 Å². The molecular weight excluding hydrogens is 212 g/mol. The van der Waals surface area contributed by atoms with Gasteiger partial charge >= 0.3 is 0 Å². The fourth-order valence-corrected chi connectivity index (χ4v) is 3.11. The van der Waals surface area contributed by atoms with Gasteiger partial charge in [-0.3, -0.25) is 4.79 Å². The highest BCUT2D eigenvalue weighted by atomic mass is 16.1. The van der Waals surface area contributed by atoms with E-state index in [1.54, 1.807) is 0 Å². The molecule has 0 unspecified atom stereocenters. The molecular formula is C14H26N2O. The van der Waals surface area contributed by atoms with Gasteiger partial charge in [0.15, 0.2) is 0 Å². The van der Waals surface area contributed by atoms with Crippen LogP contribution in [0.5, 0.6) is 0 Å². The molecule has 0 bridgehead atoms. The van der Waals surface area contributed by atoms with Crippen LogP contribution in [0.25, 0.3) is 0 Å². The molecule has 2 aliphatic carbocycles. The Bertz CT molecular complexity index is 241. The molecule has 1 amide bonds. The summed E-state index contributed by atoms with van der Waals surface area (Å²) in [7, 11) is 0. The summed E-state index contributed by atoms with van der Waals surface area (Å²) in [5.74, 6) is 1.54. The first-order valence-electron chi connectivity index (χ1n) is 7.26. The number of amides is 1. The highest BCUT2D eigenvalue weighted by molar-refractivity contribution is 5.76. The highest BCUT2D eigenvalue weighted by Crippen LogP contribution is 2.26. The number of hydrogen-bond acceptors (Lipinski definition) is 2. The molecule has 0 aromatic carbocycles. The van der Waals surface area contributed by atoms with E-state index in [4.69, 9.17) is 5.73 Å². The molecule has 2 rings (SSSR count). The lowest BCUT2D eigenvalue weighted by molar-refractivity contribution is -0.122. The minimum atomic E-state index is 0.261. The lowest BCUT2D eigenvalue weighted by Crippen LogP contribution is -2.42. The summed E-state index contributed by atoms with van der Waals surface area (Å²) in [6.45, 7) is 0.846. The van der Waals surface area contributed by atoms with Crippen LogP contribution in [-0.2, 0) is 4.79 Å².